The van der Waals surface area contributed by atoms with Crippen molar-refractivity contribution < 1.29 is 24.0 Å². The first kappa shape index (κ1) is 27.9. The van der Waals surface area contributed by atoms with Crippen LogP contribution in [0, 0.1) is 0 Å². The molecule has 0 unspecified atom stereocenters. The van der Waals surface area contributed by atoms with E-state index in [0.717, 1.165) is 4.90 Å². The molecule has 2 heterocycles. The molecule has 9 heteroatoms. The molecule has 0 bridgehead atoms. The highest BCUT2D eigenvalue weighted by Crippen LogP contribution is 2.37. The van der Waals surface area contributed by atoms with E-state index in [0.29, 0.717) is 72.1 Å². The highest BCUT2D eigenvalue weighted by Gasteiger charge is 2.35. The van der Waals surface area contributed by atoms with E-state index in [9.17, 15) is 24.0 Å². The number of nitrogens with zero attached hydrogens (tertiary/aromatic N) is 2. The molecule has 6 aromatic carbocycles. The third-order valence-corrected chi connectivity index (χ3v) is 8.70. The minimum absolute atomic E-state index is 0.00612. The zero-order valence-corrected chi connectivity index (χ0v) is 24.7. The number of para-hydroxylation sites is 1. The molecule has 226 valence electrons. The number of imide groups is 2. The van der Waals surface area contributed by atoms with E-state index >= 15 is 0 Å². The Morgan fingerprint density at radius 3 is 1.66 bits per heavy atom. The molecule has 0 radical (unpaired) electrons. The molecular formula is C38H24N4O5. The first-order chi connectivity index (χ1) is 22.8. The minimum Gasteiger partial charge on any atom is -0.398 e. The Balaban J connectivity index is 1.03. The van der Waals surface area contributed by atoms with Crippen LogP contribution in [0.2, 0.25) is 0 Å². The van der Waals surface area contributed by atoms with Crippen LogP contribution in [0.1, 0.15) is 47.0 Å². The van der Waals surface area contributed by atoms with Crippen LogP contribution in [0.15, 0.2) is 115 Å². The Hall–Kier alpha value is -6.61. The normalized spacial score (nSPS) is 13.9. The molecule has 3 N–H and O–H groups in total. The van der Waals surface area contributed by atoms with Crippen LogP contribution in [0.3, 0.4) is 0 Å². The number of anilines is 4. The van der Waals surface area contributed by atoms with Crippen molar-refractivity contribution >= 4 is 73.8 Å². The van der Waals surface area contributed by atoms with E-state index < -0.39 is 23.6 Å². The molecule has 2 aliphatic heterocycles. The molecule has 0 aliphatic carbocycles. The first-order valence-corrected chi connectivity index (χ1v) is 14.9. The van der Waals surface area contributed by atoms with E-state index in [4.69, 9.17) is 5.73 Å². The zero-order valence-electron chi connectivity index (χ0n) is 24.7. The maximum absolute atomic E-state index is 13.5. The van der Waals surface area contributed by atoms with Gasteiger partial charge in [-0.25, -0.2) is 9.80 Å². The average molecular weight is 617 g/mol. The van der Waals surface area contributed by atoms with Crippen molar-refractivity contribution in [3.05, 3.63) is 143 Å². The second-order valence-electron chi connectivity index (χ2n) is 11.4. The number of nitrogen functional groups attached to an aromatic ring is 1. The van der Waals surface area contributed by atoms with Gasteiger partial charge in [-0.05, 0) is 66.2 Å². The number of carbonyl (C=O) groups is 5. The van der Waals surface area contributed by atoms with Gasteiger partial charge in [0.15, 0.2) is 0 Å². The van der Waals surface area contributed by atoms with Crippen molar-refractivity contribution in [2.75, 3.05) is 20.9 Å². The van der Waals surface area contributed by atoms with Gasteiger partial charge in [0.25, 0.3) is 23.6 Å². The maximum atomic E-state index is 13.5. The predicted molar refractivity (Wildman–Crippen MR) is 180 cm³/mol. The molecule has 8 rings (SSSR count). The summed E-state index contributed by atoms with van der Waals surface area (Å²) in [6.07, 6.45) is 0.00612. The van der Waals surface area contributed by atoms with E-state index in [1.165, 1.54) is 4.90 Å². The van der Waals surface area contributed by atoms with Gasteiger partial charge in [-0.2, -0.15) is 0 Å². The third-order valence-electron chi connectivity index (χ3n) is 8.70. The fourth-order valence-corrected chi connectivity index (χ4v) is 6.51. The molecule has 9 nitrogen and oxygen atoms in total. The molecular weight excluding hydrogens is 592 g/mol. The monoisotopic (exact) mass is 616 g/mol. The summed E-state index contributed by atoms with van der Waals surface area (Å²) in [4.78, 5) is 69.4. The molecule has 2 aliphatic rings. The lowest BCUT2D eigenvalue weighted by molar-refractivity contribution is -0.115. The summed E-state index contributed by atoms with van der Waals surface area (Å²) in [6.45, 7) is 0. The van der Waals surface area contributed by atoms with Gasteiger partial charge in [0.1, 0.15) is 0 Å². The molecule has 0 fully saturated rings. The summed E-state index contributed by atoms with van der Waals surface area (Å²) in [5.74, 6) is -2.08. The highest BCUT2D eigenvalue weighted by atomic mass is 16.2. The van der Waals surface area contributed by atoms with Crippen LogP contribution in [-0.2, 0) is 11.2 Å². The summed E-state index contributed by atoms with van der Waals surface area (Å²) in [6, 6.07) is 32.4. The molecule has 6 aromatic rings. The molecule has 0 aromatic heterocycles. The summed E-state index contributed by atoms with van der Waals surface area (Å²) in [5.41, 5.74) is 10.1. The molecule has 0 saturated carbocycles. The summed E-state index contributed by atoms with van der Waals surface area (Å²) in [5, 5.41) is 5.20. The van der Waals surface area contributed by atoms with Crippen LogP contribution in [0.5, 0.6) is 0 Å². The van der Waals surface area contributed by atoms with Gasteiger partial charge in [0.2, 0.25) is 5.91 Å². The zero-order chi connectivity index (χ0) is 32.4. The Kier molecular flexibility index (Phi) is 6.23. The number of amides is 5. The number of rotatable bonds is 5. The second-order valence-corrected chi connectivity index (χ2v) is 11.4. The fraction of sp³-hybridized carbons (Fsp3) is 0.0263. The number of nitrogens with two attached hydrogens (primary N) is 1. The Labute approximate surface area is 267 Å². The lowest BCUT2D eigenvalue weighted by Crippen LogP contribution is -2.40. The minimum atomic E-state index is -0.448. The summed E-state index contributed by atoms with van der Waals surface area (Å²) in [7, 11) is 0. The number of hydrogen-bond donors (Lipinski definition) is 2. The Morgan fingerprint density at radius 1 is 0.532 bits per heavy atom. The van der Waals surface area contributed by atoms with Gasteiger partial charge in [-0.3, -0.25) is 24.0 Å². The number of hydrogen-bond acceptors (Lipinski definition) is 6. The van der Waals surface area contributed by atoms with Crippen molar-refractivity contribution in [3.63, 3.8) is 0 Å². The number of carbonyl (C=O) groups excluding carboxylic acids is 5. The predicted octanol–water partition coefficient (Wildman–Crippen LogP) is 6.36. The van der Waals surface area contributed by atoms with Crippen molar-refractivity contribution in [2.24, 2.45) is 0 Å². The van der Waals surface area contributed by atoms with Crippen LogP contribution in [0.25, 0.3) is 21.5 Å². The summed E-state index contributed by atoms with van der Waals surface area (Å²) >= 11 is 0. The summed E-state index contributed by atoms with van der Waals surface area (Å²) < 4.78 is 0. The van der Waals surface area contributed by atoms with Gasteiger partial charge in [-0.15, -0.1) is 0 Å². The van der Waals surface area contributed by atoms with E-state index in [-0.39, 0.29) is 12.3 Å². The fourth-order valence-electron chi connectivity index (χ4n) is 6.51. The molecule has 0 spiro atoms. The largest absolute Gasteiger partial charge is 0.398 e. The quantitative estimate of drug-likeness (QED) is 0.171. The van der Waals surface area contributed by atoms with Crippen molar-refractivity contribution in [1.29, 1.82) is 0 Å². The van der Waals surface area contributed by atoms with Crippen molar-refractivity contribution in [2.45, 2.75) is 6.42 Å². The Morgan fingerprint density at radius 2 is 1.04 bits per heavy atom. The number of nitrogens with one attached hydrogen (secondary N) is 1. The number of benzene rings is 6. The van der Waals surface area contributed by atoms with Crippen molar-refractivity contribution in [1.82, 2.24) is 0 Å². The molecule has 47 heavy (non-hydrogen) atoms. The van der Waals surface area contributed by atoms with Crippen LogP contribution < -0.4 is 20.9 Å². The smallest absolute Gasteiger partial charge is 0.265 e. The van der Waals surface area contributed by atoms with Gasteiger partial charge < -0.3 is 11.1 Å². The third kappa shape index (κ3) is 4.28. The van der Waals surface area contributed by atoms with Gasteiger partial charge in [0, 0.05) is 55.2 Å². The van der Waals surface area contributed by atoms with Crippen molar-refractivity contribution in [3.8, 4) is 0 Å². The van der Waals surface area contributed by atoms with Crippen LogP contribution >= 0.6 is 0 Å². The van der Waals surface area contributed by atoms with E-state index in [2.05, 4.69) is 5.32 Å². The second kappa shape index (κ2) is 10.5. The van der Waals surface area contributed by atoms with Gasteiger partial charge in [-0.1, -0.05) is 54.6 Å². The van der Waals surface area contributed by atoms with Gasteiger partial charge in [0.05, 0.1) is 17.8 Å². The molecule has 0 atom stereocenters. The molecule has 5 amide bonds. The Bertz CT molecular complexity index is 2320. The van der Waals surface area contributed by atoms with Crippen LogP contribution in [0.4, 0.5) is 22.7 Å². The maximum Gasteiger partial charge on any atom is 0.265 e. The standard InChI is InChI=1S/C38H24N4O5/c39-30-18-16-28-33-24(30)8-4-10-26(33)35(44)42(37(28)46)23-14-12-21(13-15-23)20-32(43)40-31-19-17-29-34-25(31)9-5-11-27(34)36(45)41(38(29)47)22-6-2-1-3-7-22/h1-19H,20,39H2,(H,40,43). The lowest BCUT2D eigenvalue weighted by atomic mass is 9.92. The van der Waals surface area contributed by atoms with Crippen LogP contribution in [-0.4, -0.2) is 29.5 Å². The van der Waals surface area contributed by atoms with Gasteiger partial charge >= 0.3 is 0 Å². The SMILES string of the molecule is Nc1ccc2c3c(cccc13)C(=O)N(c1ccc(CC(=O)Nc3ccc4c5c(cccc35)C(=O)N(c3ccccc3)C4=O)cc1)C2=O. The van der Waals surface area contributed by atoms with E-state index in [1.807, 2.05) is 6.07 Å². The lowest BCUT2D eigenvalue weighted by Gasteiger charge is -2.28. The first-order valence-electron chi connectivity index (χ1n) is 14.9. The molecule has 0 saturated heterocycles. The van der Waals surface area contributed by atoms with E-state index in [1.54, 1.807) is 109 Å². The average Bonchev–Trinajstić information content (AvgIpc) is 3.08. The highest BCUT2D eigenvalue weighted by molar-refractivity contribution is 6.37. The topological polar surface area (TPSA) is 130 Å².